The summed E-state index contributed by atoms with van der Waals surface area (Å²) in [6, 6.07) is 0. The average Bonchev–Trinajstić information content (AvgIpc) is 2.77. The van der Waals surface area contributed by atoms with Gasteiger partial charge in [-0.15, -0.1) is 0 Å². The molecule has 1 rings (SSSR count). The van der Waals surface area contributed by atoms with E-state index in [1.54, 1.807) is 12.2 Å². The third kappa shape index (κ3) is 7.10. The molecule has 130 valence electrons. The van der Waals surface area contributed by atoms with E-state index in [1.165, 1.54) is 0 Å². The van der Waals surface area contributed by atoms with Crippen molar-refractivity contribution in [2.45, 2.75) is 64.1 Å². The number of carbonyl (C=O) groups excluding carboxylic acids is 1. The zero-order valence-corrected chi connectivity index (χ0v) is 13.7. The predicted molar refractivity (Wildman–Crippen MR) is 87.9 cm³/mol. The molecule has 0 heterocycles. The number of carbonyl (C=O) groups is 2. The Bertz CT molecular complexity index is 441. The molecule has 0 unspecified atom stereocenters. The molecule has 1 aliphatic rings. The molecule has 0 bridgehead atoms. The molecule has 4 atom stereocenters. The molecule has 1 saturated carbocycles. The first-order valence-corrected chi connectivity index (χ1v) is 8.39. The van der Waals surface area contributed by atoms with Crippen molar-refractivity contribution in [2.75, 3.05) is 0 Å². The van der Waals surface area contributed by atoms with Crippen LogP contribution in [0.1, 0.15) is 51.9 Å². The fourth-order valence-electron chi connectivity index (χ4n) is 2.82. The van der Waals surface area contributed by atoms with Crippen LogP contribution < -0.4 is 0 Å². The lowest BCUT2D eigenvalue weighted by atomic mass is 9.90. The van der Waals surface area contributed by atoms with Crippen molar-refractivity contribution >= 4 is 11.8 Å². The number of carboxylic acids is 1. The van der Waals surface area contributed by atoms with E-state index < -0.39 is 18.2 Å². The van der Waals surface area contributed by atoms with E-state index in [1.807, 2.05) is 19.1 Å². The molecule has 1 fully saturated rings. The van der Waals surface area contributed by atoms with Crippen molar-refractivity contribution in [2.24, 2.45) is 11.8 Å². The summed E-state index contributed by atoms with van der Waals surface area (Å²) >= 11 is 0. The van der Waals surface area contributed by atoms with Crippen molar-refractivity contribution < 1.29 is 24.9 Å². The molecule has 0 aromatic heterocycles. The Balaban J connectivity index is 2.44. The highest BCUT2D eigenvalue weighted by atomic mass is 16.4. The van der Waals surface area contributed by atoms with Crippen molar-refractivity contribution in [1.29, 1.82) is 0 Å². The Morgan fingerprint density at radius 1 is 1.35 bits per heavy atom. The van der Waals surface area contributed by atoms with E-state index in [2.05, 4.69) is 0 Å². The third-order valence-corrected chi connectivity index (χ3v) is 4.27. The lowest BCUT2D eigenvalue weighted by Gasteiger charge is -2.16. The summed E-state index contributed by atoms with van der Waals surface area (Å²) in [5.41, 5.74) is 0. The summed E-state index contributed by atoms with van der Waals surface area (Å²) in [5, 5.41) is 28.1. The number of hydrogen-bond acceptors (Lipinski definition) is 4. The molecule has 5 heteroatoms. The summed E-state index contributed by atoms with van der Waals surface area (Å²) in [7, 11) is 0. The van der Waals surface area contributed by atoms with Crippen LogP contribution >= 0.6 is 0 Å². The molecule has 0 aliphatic heterocycles. The number of allylic oxidation sites excluding steroid dienone is 2. The van der Waals surface area contributed by atoms with E-state index >= 15 is 0 Å². The fraction of sp³-hybridized carbons (Fsp3) is 0.667. The van der Waals surface area contributed by atoms with E-state index in [0.29, 0.717) is 19.3 Å². The third-order valence-electron chi connectivity index (χ3n) is 4.27. The highest BCUT2D eigenvalue weighted by Crippen LogP contribution is 2.33. The lowest BCUT2D eigenvalue weighted by molar-refractivity contribution is -0.137. The molecule has 0 spiro atoms. The standard InChI is InChI=1S/C18H28O5/c1-2-13(19)10-11-15-14(16(20)12-17(15)21)8-6-4-3-5-7-9-18(22)23/h4,6,10-11,13-15,17,19,21H,2-3,5,7-9,12H2,1H3,(H,22,23)/b6-4-,11-10+/t13-,14-,15+,17+/m0/s1. The fourth-order valence-corrected chi connectivity index (χ4v) is 2.82. The van der Waals surface area contributed by atoms with Crippen LogP contribution in [-0.2, 0) is 9.59 Å². The van der Waals surface area contributed by atoms with Gasteiger partial charge in [0.1, 0.15) is 5.78 Å². The predicted octanol–water partition coefficient (Wildman–Crippen LogP) is 2.47. The molecule has 0 aromatic rings. The number of carboxylic acid groups (broad SMARTS) is 1. The zero-order valence-electron chi connectivity index (χ0n) is 13.7. The molecule has 0 aromatic carbocycles. The van der Waals surface area contributed by atoms with Gasteiger partial charge in [-0.25, -0.2) is 0 Å². The SMILES string of the molecule is CC[C@H](O)/C=C/[C@H]1[C@H](O)CC(=O)[C@H]1C/C=C\CCCCC(=O)O. The summed E-state index contributed by atoms with van der Waals surface area (Å²) in [6.45, 7) is 1.87. The number of aliphatic carboxylic acids is 1. The number of aliphatic hydroxyl groups is 2. The van der Waals surface area contributed by atoms with Gasteiger partial charge in [-0.05, 0) is 32.1 Å². The summed E-state index contributed by atoms with van der Waals surface area (Å²) < 4.78 is 0. The minimum absolute atomic E-state index is 0.0636. The summed E-state index contributed by atoms with van der Waals surface area (Å²) in [6.07, 6.45) is 9.95. The number of unbranched alkanes of at least 4 members (excludes halogenated alkanes) is 2. The van der Waals surface area contributed by atoms with E-state index in [-0.39, 0.29) is 30.5 Å². The van der Waals surface area contributed by atoms with Gasteiger partial charge in [0.25, 0.3) is 0 Å². The van der Waals surface area contributed by atoms with Crippen molar-refractivity contribution in [3.05, 3.63) is 24.3 Å². The Hall–Kier alpha value is -1.46. The maximum atomic E-state index is 12.0. The van der Waals surface area contributed by atoms with Crippen LogP contribution in [0.5, 0.6) is 0 Å². The quantitative estimate of drug-likeness (QED) is 0.424. The smallest absolute Gasteiger partial charge is 0.303 e. The molecule has 3 N–H and O–H groups in total. The highest BCUT2D eigenvalue weighted by Gasteiger charge is 2.39. The van der Waals surface area contributed by atoms with Crippen molar-refractivity contribution in [3.8, 4) is 0 Å². The molecule has 0 amide bonds. The van der Waals surface area contributed by atoms with Gasteiger partial charge in [-0.3, -0.25) is 9.59 Å². The maximum Gasteiger partial charge on any atom is 0.303 e. The Morgan fingerprint density at radius 3 is 2.74 bits per heavy atom. The zero-order chi connectivity index (χ0) is 17.2. The highest BCUT2D eigenvalue weighted by molar-refractivity contribution is 5.84. The van der Waals surface area contributed by atoms with Gasteiger partial charge < -0.3 is 15.3 Å². The molecule has 23 heavy (non-hydrogen) atoms. The van der Waals surface area contributed by atoms with Gasteiger partial charge in [0.05, 0.1) is 12.2 Å². The molecule has 1 aliphatic carbocycles. The van der Waals surface area contributed by atoms with Gasteiger partial charge in [0, 0.05) is 24.7 Å². The second-order valence-electron chi connectivity index (χ2n) is 6.13. The Labute approximate surface area is 137 Å². The van der Waals surface area contributed by atoms with Crippen molar-refractivity contribution in [3.63, 3.8) is 0 Å². The lowest BCUT2D eigenvalue weighted by Crippen LogP contribution is -2.18. The monoisotopic (exact) mass is 324 g/mol. The van der Waals surface area contributed by atoms with Crippen LogP contribution in [0.15, 0.2) is 24.3 Å². The number of rotatable bonds is 10. The molecule has 5 nitrogen and oxygen atoms in total. The van der Waals surface area contributed by atoms with Gasteiger partial charge in [0.15, 0.2) is 0 Å². The first kappa shape index (κ1) is 19.6. The first-order chi connectivity index (χ1) is 11.0. The van der Waals surface area contributed by atoms with E-state index in [0.717, 1.165) is 12.8 Å². The van der Waals surface area contributed by atoms with Crippen LogP contribution in [-0.4, -0.2) is 39.3 Å². The second kappa shape index (κ2) is 10.3. The maximum absolute atomic E-state index is 12.0. The number of hydrogen-bond donors (Lipinski definition) is 3. The Kier molecular flexibility index (Phi) is 8.81. The summed E-state index contributed by atoms with van der Waals surface area (Å²) in [4.78, 5) is 22.4. The first-order valence-electron chi connectivity index (χ1n) is 8.39. The van der Waals surface area contributed by atoms with Gasteiger partial charge in [-0.2, -0.15) is 0 Å². The van der Waals surface area contributed by atoms with E-state index in [4.69, 9.17) is 5.11 Å². The number of Topliss-reactive ketones (excluding diaryl/α,β-unsaturated/α-hetero) is 1. The van der Waals surface area contributed by atoms with Crippen LogP contribution in [0, 0.1) is 11.8 Å². The Morgan fingerprint density at radius 2 is 2.09 bits per heavy atom. The van der Waals surface area contributed by atoms with Crippen LogP contribution in [0.4, 0.5) is 0 Å². The summed E-state index contributed by atoms with van der Waals surface area (Å²) in [5.74, 6) is -1.18. The topological polar surface area (TPSA) is 94.8 Å². The van der Waals surface area contributed by atoms with Crippen molar-refractivity contribution in [1.82, 2.24) is 0 Å². The van der Waals surface area contributed by atoms with Crippen LogP contribution in [0.2, 0.25) is 0 Å². The largest absolute Gasteiger partial charge is 0.481 e. The second-order valence-corrected chi connectivity index (χ2v) is 6.13. The minimum atomic E-state index is -0.775. The number of ketones is 1. The minimum Gasteiger partial charge on any atom is -0.481 e. The van der Waals surface area contributed by atoms with Crippen LogP contribution in [0.25, 0.3) is 0 Å². The van der Waals surface area contributed by atoms with Gasteiger partial charge in [0.2, 0.25) is 0 Å². The normalized spacial score (nSPS) is 26.4. The number of aliphatic hydroxyl groups excluding tert-OH is 2. The van der Waals surface area contributed by atoms with E-state index in [9.17, 15) is 19.8 Å². The molecule has 0 saturated heterocycles. The molecule has 0 radical (unpaired) electrons. The van der Waals surface area contributed by atoms with Gasteiger partial charge >= 0.3 is 5.97 Å². The van der Waals surface area contributed by atoms with Gasteiger partial charge in [-0.1, -0.05) is 31.2 Å². The molecular weight excluding hydrogens is 296 g/mol. The van der Waals surface area contributed by atoms with Crippen LogP contribution in [0.3, 0.4) is 0 Å². The molecular formula is C18H28O5. The average molecular weight is 324 g/mol.